The molecule has 0 spiro atoms. The van der Waals surface area contributed by atoms with Gasteiger partial charge in [0.25, 0.3) is 0 Å². The summed E-state index contributed by atoms with van der Waals surface area (Å²) < 4.78 is 0. The third kappa shape index (κ3) is 3.00. The zero-order chi connectivity index (χ0) is 14.9. The molecule has 1 fully saturated rings. The Balaban J connectivity index is 2.14. The van der Waals surface area contributed by atoms with Crippen molar-refractivity contribution >= 4 is 11.9 Å². The summed E-state index contributed by atoms with van der Waals surface area (Å²) in [5.41, 5.74) is 2.91. The Morgan fingerprint density at radius 2 is 1.80 bits per heavy atom. The Hall–Kier alpha value is -1.84. The van der Waals surface area contributed by atoms with Crippen molar-refractivity contribution < 1.29 is 14.7 Å². The largest absolute Gasteiger partial charge is 0.481 e. The molecule has 0 saturated heterocycles. The average molecular weight is 275 g/mol. The maximum Gasteiger partial charge on any atom is 0.305 e. The van der Waals surface area contributed by atoms with Gasteiger partial charge in [-0.1, -0.05) is 29.3 Å². The van der Waals surface area contributed by atoms with Crippen molar-refractivity contribution in [1.82, 2.24) is 5.32 Å². The van der Waals surface area contributed by atoms with Crippen LogP contribution in [-0.4, -0.2) is 23.0 Å². The lowest BCUT2D eigenvalue weighted by Crippen LogP contribution is -2.41. The second-order valence-electron chi connectivity index (χ2n) is 5.93. The van der Waals surface area contributed by atoms with Gasteiger partial charge in [-0.25, -0.2) is 0 Å². The molecule has 4 nitrogen and oxygen atoms in total. The van der Waals surface area contributed by atoms with Gasteiger partial charge < -0.3 is 10.4 Å². The summed E-state index contributed by atoms with van der Waals surface area (Å²) in [5.74, 6) is -0.940. The molecule has 2 N–H and O–H groups in total. The molecule has 1 atom stereocenters. The molecule has 0 radical (unpaired) electrons. The number of hydrogen-bond acceptors (Lipinski definition) is 2. The number of carbonyl (C=O) groups is 2. The molecule has 0 aliphatic heterocycles. The molecule has 108 valence electrons. The van der Waals surface area contributed by atoms with Crippen LogP contribution in [0.15, 0.2) is 18.2 Å². The van der Waals surface area contributed by atoms with Gasteiger partial charge in [-0.05, 0) is 39.2 Å². The molecule has 4 heteroatoms. The van der Waals surface area contributed by atoms with E-state index in [0.29, 0.717) is 0 Å². The minimum atomic E-state index is -0.894. The van der Waals surface area contributed by atoms with Gasteiger partial charge in [-0.3, -0.25) is 9.59 Å². The first-order valence-corrected chi connectivity index (χ1v) is 6.95. The van der Waals surface area contributed by atoms with Gasteiger partial charge in [-0.2, -0.15) is 0 Å². The van der Waals surface area contributed by atoms with E-state index < -0.39 is 11.4 Å². The summed E-state index contributed by atoms with van der Waals surface area (Å²) in [6.07, 6.45) is 1.62. The minimum Gasteiger partial charge on any atom is -0.481 e. The second-order valence-corrected chi connectivity index (χ2v) is 5.93. The number of aliphatic carboxylic acids is 1. The van der Waals surface area contributed by atoms with Crippen LogP contribution in [0.4, 0.5) is 0 Å². The molecule has 0 bridgehead atoms. The summed E-state index contributed by atoms with van der Waals surface area (Å²) in [4.78, 5) is 23.1. The number of nitrogens with one attached hydrogen (secondary N) is 1. The highest BCUT2D eigenvalue weighted by atomic mass is 16.4. The fourth-order valence-corrected chi connectivity index (χ4v) is 2.70. The van der Waals surface area contributed by atoms with Crippen molar-refractivity contribution in [3.05, 3.63) is 34.9 Å². The van der Waals surface area contributed by atoms with E-state index in [-0.39, 0.29) is 18.4 Å². The molecule has 2 rings (SSSR count). The quantitative estimate of drug-likeness (QED) is 0.866. The SMILES string of the molecule is Cc1cc(C)cc(C2(C(=O)NC(C)CC(=O)O)CC2)c1. The maximum atomic E-state index is 12.4. The summed E-state index contributed by atoms with van der Waals surface area (Å²) in [6, 6.07) is 5.86. The van der Waals surface area contributed by atoms with Crippen LogP contribution < -0.4 is 5.32 Å². The van der Waals surface area contributed by atoms with Crippen molar-refractivity contribution in [2.45, 2.75) is 51.5 Å². The first kappa shape index (κ1) is 14.6. The topological polar surface area (TPSA) is 66.4 Å². The predicted octanol–water partition coefficient (Wildman–Crippen LogP) is 2.31. The van der Waals surface area contributed by atoms with Crippen molar-refractivity contribution in [1.29, 1.82) is 0 Å². The lowest BCUT2D eigenvalue weighted by atomic mass is 9.91. The second kappa shape index (κ2) is 5.27. The Bertz CT molecular complexity index is 526. The van der Waals surface area contributed by atoms with Gasteiger partial charge in [0, 0.05) is 6.04 Å². The first-order chi connectivity index (χ1) is 9.33. The van der Waals surface area contributed by atoms with Crippen molar-refractivity contribution in [2.24, 2.45) is 0 Å². The molecule has 1 aliphatic rings. The highest BCUT2D eigenvalue weighted by Crippen LogP contribution is 2.48. The summed E-state index contributed by atoms with van der Waals surface area (Å²) in [6.45, 7) is 5.78. The van der Waals surface area contributed by atoms with Crippen LogP contribution in [0.25, 0.3) is 0 Å². The number of carbonyl (C=O) groups excluding carboxylic acids is 1. The Kier molecular flexibility index (Phi) is 3.84. The van der Waals surface area contributed by atoms with Gasteiger partial charge in [0.15, 0.2) is 0 Å². The fraction of sp³-hybridized carbons (Fsp3) is 0.500. The standard InChI is InChI=1S/C16H21NO3/c1-10-6-11(2)8-13(7-10)16(4-5-16)15(20)17-12(3)9-14(18)19/h6-8,12H,4-5,9H2,1-3H3,(H,17,20)(H,18,19). The number of hydrogen-bond donors (Lipinski definition) is 2. The van der Waals surface area contributed by atoms with E-state index in [9.17, 15) is 9.59 Å². The van der Waals surface area contributed by atoms with Crippen LogP contribution in [0, 0.1) is 13.8 Å². The third-order valence-electron chi connectivity index (χ3n) is 3.82. The van der Waals surface area contributed by atoms with Crippen LogP contribution in [0.5, 0.6) is 0 Å². The van der Waals surface area contributed by atoms with Gasteiger partial charge >= 0.3 is 5.97 Å². The van der Waals surface area contributed by atoms with Crippen LogP contribution in [0.2, 0.25) is 0 Å². The number of aryl methyl sites for hydroxylation is 2. The molecule has 1 unspecified atom stereocenters. The zero-order valence-corrected chi connectivity index (χ0v) is 12.2. The van der Waals surface area contributed by atoms with E-state index >= 15 is 0 Å². The lowest BCUT2D eigenvalue weighted by molar-refractivity contribution is -0.137. The summed E-state index contributed by atoms with van der Waals surface area (Å²) in [5, 5.41) is 11.6. The van der Waals surface area contributed by atoms with E-state index in [0.717, 1.165) is 29.5 Å². The number of rotatable bonds is 5. The smallest absolute Gasteiger partial charge is 0.305 e. The van der Waals surface area contributed by atoms with Crippen molar-refractivity contribution in [2.75, 3.05) is 0 Å². The molecule has 1 aromatic rings. The number of carboxylic acids is 1. The van der Waals surface area contributed by atoms with Gasteiger partial charge in [0.2, 0.25) is 5.91 Å². The maximum absolute atomic E-state index is 12.4. The molecule has 1 saturated carbocycles. The minimum absolute atomic E-state index is 0.0451. The Morgan fingerprint density at radius 3 is 2.25 bits per heavy atom. The van der Waals surface area contributed by atoms with Gasteiger partial charge in [-0.15, -0.1) is 0 Å². The van der Waals surface area contributed by atoms with Gasteiger partial charge in [0.1, 0.15) is 0 Å². The monoisotopic (exact) mass is 275 g/mol. The highest BCUT2D eigenvalue weighted by Gasteiger charge is 2.51. The van der Waals surface area contributed by atoms with Crippen LogP contribution in [0.3, 0.4) is 0 Å². The predicted molar refractivity (Wildman–Crippen MR) is 76.7 cm³/mol. The van der Waals surface area contributed by atoms with Crippen LogP contribution in [0.1, 0.15) is 42.9 Å². The molecule has 20 heavy (non-hydrogen) atoms. The van der Waals surface area contributed by atoms with E-state index in [1.54, 1.807) is 6.92 Å². The summed E-state index contributed by atoms with van der Waals surface area (Å²) >= 11 is 0. The molecule has 0 heterocycles. The van der Waals surface area contributed by atoms with E-state index in [4.69, 9.17) is 5.11 Å². The highest BCUT2D eigenvalue weighted by molar-refractivity contribution is 5.91. The lowest BCUT2D eigenvalue weighted by Gasteiger charge is -2.20. The molecule has 1 amide bonds. The molecule has 1 aliphatic carbocycles. The third-order valence-corrected chi connectivity index (χ3v) is 3.82. The Labute approximate surface area is 119 Å². The van der Waals surface area contributed by atoms with Crippen LogP contribution >= 0.6 is 0 Å². The molecule has 1 aromatic carbocycles. The molecular formula is C16H21NO3. The van der Waals surface area contributed by atoms with E-state index in [1.807, 2.05) is 13.8 Å². The number of amides is 1. The Morgan fingerprint density at radius 1 is 1.25 bits per heavy atom. The van der Waals surface area contributed by atoms with Crippen LogP contribution in [-0.2, 0) is 15.0 Å². The van der Waals surface area contributed by atoms with Crippen molar-refractivity contribution in [3.8, 4) is 0 Å². The average Bonchev–Trinajstić information content (AvgIpc) is 3.06. The molecule has 0 aromatic heterocycles. The number of benzene rings is 1. The summed E-state index contributed by atoms with van der Waals surface area (Å²) in [7, 11) is 0. The van der Waals surface area contributed by atoms with Crippen molar-refractivity contribution in [3.63, 3.8) is 0 Å². The first-order valence-electron chi connectivity index (χ1n) is 6.95. The zero-order valence-electron chi connectivity index (χ0n) is 12.2. The molecular weight excluding hydrogens is 254 g/mol. The van der Waals surface area contributed by atoms with E-state index in [1.165, 1.54) is 0 Å². The van der Waals surface area contributed by atoms with Gasteiger partial charge in [0.05, 0.1) is 11.8 Å². The number of carboxylic acid groups (broad SMARTS) is 1. The fourth-order valence-electron chi connectivity index (χ4n) is 2.70. The van der Waals surface area contributed by atoms with E-state index in [2.05, 4.69) is 23.5 Å². The normalized spacial score (nSPS) is 17.4.